The molecule has 3 heteroatoms. The fourth-order valence-corrected chi connectivity index (χ4v) is 2.57. The third-order valence-corrected chi connectivity index (χ3v) is 3.58. The molecule has 1 N–H and O–H groups in total. The average molecular weight is 286 g/mol. The summed E-state index contributed by atoms with van der Waals surface area (Å²) in [6.45, 7) is 0. The van der Waals surface area contributed by atoms with Gasteiger partial charge in [0.1, 0.15) is 11.9 Å². The van der Waals surface area contributed by atoms with Crippen molar-refractivity contribution in [2.75, 3.05) is 5.88 Å². The Balaban J connectivity index is 1.92. The fourth-order valence-electron chi connectivity index (χ4n) is 2.37. The van der Waals surface area contributed by atoms with Crippen molar-refractivity contribution in [3.63, 3.8) is 0 Å². The number of alkyl halides is 1. The largest absolute Gasteiger partial charge is 0.483 e. The van der Waals surface area contributed by atoms with E-state index < -0.39 is 0 Å². The number of aromatic nitrogens is 1. The van der Waals surface area contributed by atoms with Gasteiger partial charge in [-0.25, -0.2) is 0 Å². The molecule has 0 spiro atoms. The van der Waals surface area contributed by atoms with E-state index in [4.69, 9.17) is 16.3 Å². The number of halogens is 1. The Hall–Kier alpha value is -1.93. The Labute approximate surface area is 123 Å². The maximum absolute atomic E-state index is 6.20. The number of ether oxygens (including phenoxy) is 1. The standard InChI is InChI=1S/C17H16ClNO/c18-11-9-15(13-5-2-1-3-6-13)20-16-8-4-7-14-10-12-19-17(14)16/h1-8,10,12,15,19H,9,11H2/t15-/m1/s1. The lowest BCUT2D eigenvalue weighted by molar-refractivity contribution is 0.204. The Morgan fingerprint density at radius 3 is 2.65 bits per heavy atom. The lowest BCUT2D eigenvalue weighted by Gasteiger charge is -2.19. The van der Waals surface area contributed by atoms with E-state index in [-0.39, 0.29) is 6.10 Å². The molecule has 0 fully saturated rings. The van der Waals surface area contributed by atoms with E-state index in [0.29, 0.717) is 5.88 Å². The van der Waals surface area contributed by atoms with Crippen molar-refractivity contribution in [3.8, 4) is 5.75 Å². The van der Waals surface area contributed by atoms with E-state index >= 15 is 0 Å². The second kappa shape index (κ2) is 6.02. The lowest BCUT2D eigenvalue weighted by atomic mass is 10.1. The molecule has 1 aromatic heterocycles. The highest BCUT2D eigenvalue weighted by molar-refractivity contribution is 6.17. The van der Waals surface area contributed by atoms with Crippen LogP contribution >= 0.6 is 11.6 Å². The molecule has 20 heavy (non-hydrogen) atoms. The summed E-state index contributed by atoms with van der Waals surface area (Å²) in [5, 5.41) is 1.15. The van der Waals surface area contributed by atoms with Crippen LogP contribution in [0.5, 0.6) is 5.75 Å². The van der Waals surface area contributed by atoms with Crippen LogP contribution in [0.25, 0.3) is 10.9 Å². The normalized spacial score (nSPS) is 12.4. The van der Waals surface area contributed by atoms with Crippen molar-refractivity contribution in [3.05, 3.63) is 66.4 Å². The number of aromatic amines is 1. The summed E-state index contributed by atoms with van der Waals surface area (Å²) in [7, 11) is 0. The van der Waals surface area contributed by atoms with E-state index in [9.17, 15) is 0 Å². The molecule has 0 unspecified atom stereocenters. The molecule has 0 aliphatic rings. The maximum Gasteiger partial charge on any atom is 0.144 e. The van der Waals surface area contributed by atoms with Gasteiger partial charge in [-0.1, -0.05) is 42.5 Å². The predicted octanol–water partition coefficient (Wildman–Crippen LogP) is 4.92. The maximum atomic E-state index is 6.20. The molecule has 1 atom stereocenters. The molecular weight excluding hydrogens is 270 g/mol. The van der Waals surface area contributed by atoms with Gasteiger partial charge in [0.25, 0.3) is 0 Å². The van der Waals surface area contributed by atoms with Crippen molar-refractivity contribution in [1.82, 2.24) is 4.98 Å². The Kier molecular flexibility index (Phi) is 3.93. The Morgan fingerprint density at radius 2 is 1.85 bits per heavy atom. The third kappa shape index (κ3) is 2.66. The van der Waals surface area contributed by atoms with Crippen LogP contribution in [-0.4, -0.2) is 10.9 Å². The first-order valence-corrected chi connectivity index (χ1v) is 7.25. The van der Waals surface area contributed by atoms with Crippen LogP contribution in [0.4, 0.5) is 0 Å². The van der Waals surface area contributed by atoms with Gasteiger partial charge in [0.05, 0.1) is 5.52 Å². The molecule has 0 saturated heterocycles. The Bertz CT molecular complexity index is 678. The number of hydrogen-bond acceptors (Lipinski definition) is 1. The summed E-state index contributed by atoms with van der Waals surface area (Å²) in [4.78, 5) is 3.23. The molecule has 3 aromatic rings. The molecule has 0 aliphatic carbocycles. The number of benzene rings is 2. The van der Waals surface area contributed by atoms with Crippen molar-refractivity contribution in [1.29, 1.82) is 0 Å². The second-order valence-electron chi connectivity index (χ2n) is 4.69. The lowest BCUT2D eigenvalue weighted by Crippen LogP contribution is -2.08. The van der Waals surface area contributed by atoms with E-state index in [1.54, 1.807) is 0 Å². The van der Waals surface area contributed by atoms with Crippen LogP contribution in [-0.2, 0) is 0 Å². The van der Waals surface area contributed by atoms with Crippen molar-refractivity contribution in [2.45, 2.75) is 12.5 Å². The average Bonchev–Trinajstić information content (AvgIpc) is 2.97. The first kappa shape index (κ1) is 13.1. The fraction of sp³-hybridized carbons (Fsp3) is 0.176. The van der Waals surface area contributed by atoms with E-state index in [0.717, 1.165) is 28.6 Å². The van der Waals surface area contributed by atoms with Gasteiger partial charge in [-0.2, -0.15) is 0 Å². The molecule has 0 amide bonds. The molecule has 3 rings (SSSR count). The zero-order valence-electron chi connectivity index (χ0n) is 11.1. The highest BCUT2D eigenvalue weighted by Crippen LogP contribution is 2.30. The number of rotatable bonds is 5. The van der Waals surface area contributed by atoms with Gasteiger partial charge in [-0.3, -0.25) is 0 Å². The van der Waals surface area contributed by atoms with Gasteiger partial charge >= 0.3 is 0 Å². The van der Waals surface area contributed by atoms with Crippen LogP contribution in [0.3, 0.4) is 0 Å². The van der Waals surface area contributed by atoms with Crippen LogP contribution in [0.15, 0.2) is 60.8 Å². The molecule has 102 valence electrons. The topological polar surface area (TPSA) is 25.0 Å². The van der Waals surface area contributed by atoms with Gasteiger partial charge in [0.2, 0.25) is 0 Å². The van der Waals surface area contributed by atoms with Crippen molar-refractivity contribution >= 4 is 22.5 Å². The summed E-state index contributed by atoms with van der Waals surface area (Å²) < 4.78 is 6.20. The molecule has 0 saturated carbocycles. The molecule has 2 nitrogen and oxygen atoms in total. The van der Waals surface area contributed by atoms with E-state index in [2.05, 4.69) is 23.2 Å². The highest BCUT2D eigenvalue weighted by Gasteiger charge is 2.14. The summed E-state index contributed by atoms with van der Waals surface area (Å²) in [5.41, 5.74) is 2.18. The quantitative estimate of drug-likeness (QED) is 0.662. The van der Waals surface area contributed by atoms with Crippen molar-refractivity contribution in [2.24, 2.45) is 0 Å². The van der Waals surface area contributed by atoms with Gasteiger partial charge in [0, 0.05) is 23.9 Å². The van der Waals surface area contributed by atoms with Crippen molar-refractivity contribution < 1.29 is 4.74 Å². The van der Waals surface area contributed by atoms with Crippen LogP contribution in [0.2, 0.25) is 0 Å². The number of hydrogen-bond donors (Lipinski definition) is 1. The number of H-pyrrole nitrogens is 1. The smallest absolute Gasteiger partial charge is 0.144 e. The van der Waals surface area contributed by atoms with Gasteiger partial charge in [0.15, 0.2) is 0 Å². The Morgan fingerprint density at radius 1 is 1.00 bits per heavy atom. The molecule has 0 bridgehead atoms. The number of fused-ring (bicyclic) bond motifs is 1. The van der Waals surface area contributed by atoms with E-state index in [1.165, 1.54) is 0 Å². The predicted molar refractivity (Wildman–Crippen MR) is 83.4 cm³/mol. The SMILES string of the molecule is ClCC[C@@H](Oc1cccc2cc[nH]c12)c1ccccc1. The molecule has 0 radical (unpaired) electrons. The minimum atomic E-state index is -0.0254. The first-order chi connectivity index (χ1) is 9.88. The monoisotopic (exact) mass is 285 g/mol. The van der Waals surface area contributed by atoms with Gasteiger partial charge in [-0.15, -0.1) is 11.6 Å². The minimum Gasteiger partial charge on any atom is -0.483 e. The number of para-hydroxylation sites is 1. The third-order valence-electron chi connectivity index (χ3n) is 3.36. The van der Waals surface area contributed by atoms with Gasteiger partial charge in [-0.05, 0) is 17.7 Å². The summed E-state index contributed by atoms with van der Waals surface area (Å²) in [5.74, 6) is 1.44. The van der Waals surface area contributed by atoms with Crippen LogP contribution < -0.4 is 4.74 Å². The molecule has 1 heterocycles. The minimum absolute atomic E-state index is 0.0254. The first-order valence-electron chi connectivity index (χ1n) is 6.72. The summed E-state index contributed by atoms with van der Waals surface area (Å²) >= 11 is 5.92. The zero-order chi connectivity index (χ0) is 13.8. The van der Waals surface area contributed by atoms with Gasteiger partial charge < -0.3 is 9.72 Å². The zero-order valence-corrected chi connectivity index (χ0v) is 11.8. The summed E-state index contributed by atoms with van der Waals surface area (Å²) in [6.07, 6.45) is 2.68. The molecule has 2 aromatic carbocycles. The molecular formula is C17H16ClNO. The van der Waals surface area contributed by atoms with E-state index in [1.807, 2.05) is 42.6 Å². The summed E-state index contributed by atoms with van der Waals surface area (Å²) in [6, 6.07) is 18.3. The van der Waals surface area contributed by atoms with Crippen LogP contribution in [0, 0.1) is 0 Å². The number of nitrogens with one attached hydrogen (secondary N) is 1. The highest BCUT2D eigenvalue weighted by atomic mass is 35.5. The second-order valence-corrected chi connectivity index (χ2v) is 5.07. The van der Waals surface area contributed by atoms with Crippen LogP contribution in [0.1, 0.15) is 18.1 Å². The molecule has 0 aliphatic heterocycles.